The van der Waals surface area contributed by atoms with Crippen LogP contribution in [0, 0.1) is 5.41 Å². The van der Waals surface area contributed by atoms with E-state index in [-0.39, 0.29) is 0 Å². The summed E-state index contributed by atoms with van der Waals surface area (Å²) in [6, 6.07) is 4.19. The van der Waals surface area contributed by atoms with Gasteiger partial charge in [0.25, 0.3) is 0 Å². The lowest BCUT2D eigenvalue weighted by Crippen LogP contribution is -2.46. The van der Waals surface area contributed by atoms with Crippen molar-refractivity contribution < 1.29 is 4.74 Å². The summed E-state index contributed by atoms with van der Waals surface area (Å²) in [6.07, 6.45) is 10.3. The Morgan fingerprint density at radius 1 is 1.08 bits per heavy atom. The molecule has 4 rings (SSSR count). The minimum Gasteiger partial charge on any atom is -0.379 e. The number of ether oxygens (including phenoxy) is 1. The van der Waals surface area contributed by atoms with Crippen LogP contribution >= 0.6 is 0 Å². The summed E-state index contributed by atoms with van der Waals surface area (Å²) in [6.45, 7) is 8.12. The molecule has 0 amide bonds. The lowest BCUT2D eigenvalue weighted by molar-refractivity contribution is 0.0125. The Morgan fingerprint density at radius 3 is 2.65 bits per heavy atom. The molecule has 2 aliphatic heterocycles. The van der Waals surface area contributed by atoms with Crippen LogP contribution in [-0.2, 0) is 24.9 Å². The molecule has 0 saturated carbocycles. The van der Waals surface area contributed by atoms with E-state index >= 15 is 0 Å². The summed E-state index contributed by atoms with van der Waals surface area (Å²) in [4.78, 5) is 9.37. The molecule has 0 atom stereocenters. The molecule has 1 spiro atoms. The fraction of sp³-hybridized carbons (Fsp3) is 0.600. The van der Waals surface area contributed by atoms with Crippen LogP contribution in [-0.4, -0.2) is 64.0 Å². The van der Waals surface area contributed by atoms with Crippen LogP contribution in [0.4, 0.5) is 0 Å². The van der Waals surface area contributed by atoms with Crippen molar-refractivity contribution >= 4 is 0 Å². The van der Waals surface area contributed by atoms with Gasteiger partial charge in [-0.05, 0) is 37.6 Å². The van der Waals surface area contributed by atoms with Gasteiger partial charge < -0.3 is 4.74 Å². The second-order valence-corrected chi connectivity index (χ2v) is 7.92. The first-order valence-electron chi connectivity index (χ1n) is 9.60. The summed E-state index contributed by atoms with van der Waals surface area (Å²) in [7, 11) is 1.98. The van der Waals surface area contributed by atoms with Gasteiger partial charge in [0.05, 0.1) is 19.4 Å². The van der Waals surface area contributed by atoms with Gasteiger partial charge in [-0.25, -0.2) is 0 Å². The predicted octanol–water partition coefficient (Wildman–Crippen LogP) is 1.93. The van der Waals surface area contributed by atoms with Crippen molar-refractivity contribution in [1.29, 1.82) is 0 Å². The van der Waals surface area contributed by atoms with Crippen LogP contribution in [0.25, 0.3) is 0 Å². The van der Waals surface area contributed by atoms with E-state index in [2.05, 4.69) is 32.1 Å². The minimum absolute atomic E-state index is 0.296. The second-order valence-electron chi connectivity index (χ2n) is 7.92. The average molecular weight is 355 g/mol. The van der Waals surface area contributed by atoms with E-state index in [0.29, 0.717) is 5.41 Å². The molecule has 0 aliphatic carbocycles. The van der Waals surface area contributed by atoms with Crippen LogP contribution < -0.4 is 0 Å². The van der Waals surface area contributed by atoms with Crippen molar-refractivity contribution in [3.63, 3.8) is 0 Å². The topological polar surface area (TPSA) is 46.4 Å². The first-order valence-corrected chi connectivity index (χ1v) is 9.60. The molecular weight excluding hydrogens is 326 g/mol. The van der Waals surface area contributed by atoms with E-state index in [1.54, 1.807) is 0 Å². The molecule has 26 heavy (non-hydrogen) atoms. The van der Waals surface area contributed by atoms with Gasteiger partial charge in [-0.15, -0.1) is 0 Å². The van der Waals surface area contributed by atoms with E-state index in [1.165, 1.54) is 24.0 Å². The number of nitrogens with zero attached hydrogens (tertiary/aromatic N) is 5. The smallest absolute Gasteiger partial charge is 0.0593 e. The Kier molecular flexibility index (Phi) is 5.33. The largest absolute Gasteiger partial charge is 0.379 e. The number of hydrogen-bond donors (Lipinski definition) is 0. The van der Waals surface area contributed by atoms with Crippen LogP contribution in [0.3, 0.4) is 0 Å². The van der Waals surface area contributed by atoms with Crippen molar-refractivity contribution in [3.8, 4) is 0 Å². The molecule has 2 saturated heterocycles. The zero-order chi connectivity index (χ0) is 17.8. The Labute approximate surface area is 155 Å². The van der Waals surface area contributed by atoms with Crippen LogP contribution in [0.1, 0.15) is 24.0 Å². The number of pyridine rings is 1. The lowest BCUT2D eigenvalue weighted by Gasteiger charge is -2.42. The molecule has 0 aromatic carbocycles. The molecule has 0 N–H and O–H groups in total. The normalized spacial score (nSPS) is 21.7. The zero-order valence-electron chi connectivity index (χ0n) is 15.7. The monoisotopic (exact) mass is 355 g/mol. The van der Waals surface area contributed by atoms with E-state index in [9.17, 15) is 0 Å². The maximum Gasteiger partial charge on any atom is 0.0593 e. The van der Waals surface area contributed by atoms with Gasteiger partial charge in [0.2, 0.25) is 0 Å². The van der Waals surface area contributed by atoms with Crippen molar-refractivity contribution in [2.75, 3.05) is 39.4 Å². The number of likely N-dealkylation sites (tertiary alicyclic amines) is 1. The van der Waals surface area contributed by atoms with Gasteiger partial charge in [0, 0.05) is 62.8 Å². The highest BCUT2D eigenvalue weighted by atomic mass is 16.5. The summed E-state index contributed by atoms with van der Waals surface area (Å²) in [5.41, 5.74) is 2.89. The standard InChI is InChI=1S/C20H29N5O/c1-23-13-19(12-22-23)15-24-7-4-20(5-8-24)16-25(9-10-26-17-20)14-18-3-2-6-21-11-18/h2-3,6,11-13H,4-5,7-10,14-17H2,1H3. The van der Waals surface area contributed by atoms with Crippen molar-refractivity contribution in [2.45, 2.75) is 25.9 Å². The van der Waals surface area contributed by atoms with Crippen LogP contribution in [0.2, 0.25) is 0 Å². The number of aryl methyl sites for hydroxylation is 1. The van der Waals surface area contributed by atoms with E-state index in [0.717, 1.165) is 52.5 Å². The van der Waals surface area contributed by atoms with E-state index in [1.807, 2.05) is 36.4 Å². The summed E-state index contributed by atoms with van der Waals surface area (Å²) < 4.78 is 7.91. The van der Waals surface area contributed by atoms with Gasteiger partial charge in [-0.3, -0.25) is 19.5 Å². The van der Waals surface area contributed by atoms with Crippen LogP contribution in [0.15, 0.2) is 36.9 Å². The molecule has 0 unspecified atom stereocenters. The molecule has 0 bridgehead atoms. The third-order valence-corrected chi connectivity index (χ3v) is 5.73. The predicted molar refractivity (Wildman–Crippen MR) is 100 cm³/mol. The third-order valence-electron chi connectivity index (χ3n) is 5.73. The maximum absolute atomic E-state index is 6.02. The fourth-order valence-corrected chi connectivity index (χ4v) is 4.27. The molecule has 2 fully saturated rings. The van der Waals surface area contributed by atoms with Crippen LogP contribution in [0.5, 0.6) is 0 Å². The first-order chi connectivity index (χ1) is 12.7. The Morgan fingerprint density at radius 2 is 1.92 bits per heavy atom. The summed E-state index contributed by atoms with van der Waals surface area (Å²) in [5, 5.41) is 4.29. The van der Waals surface area contributed by atoms with Gasteiger partial charge in [0.15, 0.2) is 0 Å². The highest BCUT2D eigenvalue weighted by Gasteiger charge is 2.38. The fourth-order valence-electron chi connectivity index (χ4n) is 4.27. The quantitative estimate of drug-likeness (QED) is 0.839. The Hall–Kier alpha value is -1.76. The van der Waals surface area contributed by atoms with E-state index < -0.39 is 0 Å². The van der Waals surface area contributed by atoms with Crippen molar-refractivity contribution in [2.24, 2.45) is 12.5 Å². The lowest BCUT2D eigenvalue weighted by atomic mass is 9.78. The third kappa shape index (κ3) is 4.31. The second kappa shape index (κ2) is 7.86. The molecule has 0 radical (unpaired) electrons. The number of aromatic nitrogens is 3. The molecule has 4 heterocycles. The van der Waals surface area contributed by atoms with Gasteiger partial charge in [-0.1, -0.05) is 6.07 Å². The van der Waals surface area contributed by atoms with Crippen molar-refractivity contribution in [3.05, 3.63) is 48.0 Å². The first kappa shape index (κ1) is 17.6. The Balaban J connectivity index is 1.35. The molecule has 6 heteroatoms. The highest BCUT2D eigenvalue weighted by Crippen LogP contribution is 2.35. The molecular formula is C20H29N5O. The summed E-state index contributed by atoms with van der Waals surface area (Å²) >= 11 is 0. The number of hydrogen-bond acceptors (Lipinski definition) is 5. The molecule has 2 aromatic heterocycles. The molecule has 6 nitrogen and oxygen atoms in total. The average Bonchev–Trinajstić information content (AvgIpc) is 2.96. The molecule has 2 aliphatic rings. The number of rotatable bonds is 4. The van der Waals surface area contributed by atoms with Gasteiger partial charge >= 0.3 is 0 Å². The number of piperidine rings is 1. The van der Waals surface area contributed by atoms with Gasteiger partial charge in [-0.2, -0.15) is 5.10 Å². The minimum atomic E-state index is 0.296. The highest BCUT2D eigenvalue weighted by molar-refractivity contribution is 5.09. The SMILES string of the molecule is Cn1cc(CN2CCC3(CC2)COCCN(Cc2cccnc2)C3)cn1. The van der Waals surface area contributed by atoms with Crippen molar-refractivity contribution in [1.82, 2.24) is 24.6 Å². The van der Waals surface area contributed by atoms with E-state index in [4.69, 9.17) is 4.74 Å². The summed E-state index contributed by atoms with van der Waals surface area (Å²) in [5.74, 6) is 0. The molecule has 140 valence electrons. The maximum atomic E-state index is 6.02. The Bertz CT molecular complexity index is 693. The zero-order valence-corrected chi connectivity index (χ0v) is 15.7. The molecule has 2 aromatic rings. The van der Waals surface area contributed by atoms with Gasteiger partial charge in [0.1, 0.15) is 0 Å².